The van der Waals surface area contributed by atoms with Gasteiger partial charge in [-0.05, 0) is 18.4 Å². The number of hydrazine groups is 1. The van der Waals surface area contributed by atoms with E-state index in [9.17, 15) is 19.5 Å². The van der Waals surface area contributed by atoms with Crippen molar-refractivity contribution in [1.82, 2.24) is 5.01 Å². The maximum Gasteiger partial charge on any atom is 0.328 e. The van der Waals surface area contributed by atoms with Gasteiger partial charge in [-0.15, -0.1) is 0 Å². The van der Waals surface area contributed by atoms with Gasteiger partial charge in [0.2, 0.25) is 5.91 Å². The molecule has 0 saturated carbocycles. The molecule has 0 saturated heterocycles. The highest BCUT2D eigenvalue weighted by Gasteiger charge is 2.27. The van der Waals surface area contributed by atoms with Crippen molar-refractivity contribution >= 4 is 17.7 Å². The number of hydrogen-bond donors (Lipinski definition) is 2. The van der Waals surface area contributed by atoms with Gasteiger partial charge in [-0.1, -0.05) is 38.1 Å². The van der Waals surface area contributed by atoms with E-state index < -0.39 is 17.9 Å². The van der Waals surface area contributed by atoms with Crippen molar-refractivity contribution in [3.8, 4) is 0 Å². The molecule has 126 valence electrons. The first-order chi connectivity index (χ1) is 10.9. The van der Waals surface area contributed by atoms with E-state index in [2.05, 4.69) is 0 Å². The van der Waals surface area contributed by atoms with Crippen molar-refractivity contribution in [3.63, 3.8) is 0 Å². The van der Waals surface area contributed by atoms with Crippen LogP contribution in [0.2, 0.25) is 0 Å². The topological polar surface area (TPSA) is 101 Å². The highest BCUT2D eigenvalue weighted by molar-refractivity contribution is 5.96. The number of rotatable bonds is 9. The van der Waals surface area contributed by atoms with Crippen LogP contribution >= 0.6 is 0 Å². The van der Waals surface area contributed by atoms with E-state index in [0.717, 1.165) is 11.4 Å². The summed E-state index contributed by atoms with van der Waals surface area (Å²) in [6.07, 6.45) is 2.18. The molecule has 6 heteroatoms. The summed E-state index contributed by atoms with van der Waals surface area (Å²) < 4.78 is 0. The molecule has 0 aliphatic heterocycles. The molecule has 0 fully saturated rings. The van der Waals surface area contributed by atoms with E-state index in [1.807, 2.05) is 13.8 Å². The van der Waals surface area contributed by atoms with E-state index in [1.54, 1.807) is 24.3 Å². The number of amides is 1. The van der Waals surface area contributed by atoms with Crippen LogP contribution in [-0.2, 0) is 16.0 Å². The second-order valence-corrected chi connectivity index (χ2v) is 5.48. The smallest absolute Gasteiger partial charge is 0.328 e. The first kappa shape index (κ1) is 18.8. The molecule has 3 N–H and O–H groups in total. The standard InChI is InChI=1S/C17H24N2O4/c1-3-5-15(20)13-9-7-12(8-10-13)11-14(17(22)23)19(18)16(21)6-4-2/h7-10,14H,3-6,11,18H2,1-2H3,(H,22,23). The average Bonchev–Trinajstić information content (AvgIpc) is 2.52. The zero-order chi connectivity index (χ0) is 17.4. The summed E-state index contributed by atoms with van der Waals surface area (Å²) in [5, 5.41) is 10.1. The minimum atomic E-state index is -1.15. The van der Waals surface area contributed by atoms with Crippen LogP contribution in [0.3, 0.4) is 0 Å². The molecule has 0 aromatic heterocycles. The second-order valence-electron chi connectivity index (χ2n) is 5.48. The molecule has 1 unspecified atom stereocenters. The molecule has 0 radical (unpaired) electrons. The first-order valence-corrected chi connectivity index (χ1v) is 7.82. The van der Waals surface area contributed by atoms with Crippen molar-refractivity contribution in [2.24, 2.45) is 5.84 Å². The number of benzene rings is 1. The molecule has 0 heterocycles. The molecule has 1 aromatic carbocycles. The largest absolute Gasteiger partial charge is 0.480 e. The van der Waals surface area contributed by atoms with Gasteiger partial charge in [-0.3, -0.25) is 14.6 Å². The van der Waals surface area contributed by atoms with Crippen molar-refractivity contribution < 1.29 is 19.5 Å². The molecule has 1 rings (SSSR count). The quantitative estimate of drug-likeness (QED) is 0.314. The zero-order valence-electron chi connectivity index (χ0n) is 13.6. The lowest BCUT2D eigenvalue weighted by Crippen LogP contribution is -2.50. The van der Waals surface area contributed by atoms with Gasteiger partial charge >= 0.3 is 5.97 Å². The average molecular weight is 320 g/mol. The molecule has 1 aromatic rings. The molecule has 0 spiro atoms. The Morgan fingerprint density at radius 3 is 2.13 bits per heavy atom. The van der Waals surface area contributed by atoms with Crippen LogP contribution in [-0.4, -0.2) is 33.8 Å². The fourth-order valence-corrected chi connectivity index (χ4v) is 2.24. The third-order valence-electron chi connectivity index (χ3n) is 3.55. The van der Waals surface area contributed by atoms with Crippen molar-refractivity contribution in [1.29, 1.82) is 0 Å². The van der Waals surface area contributed by atoms with Gasteiger partial charge in [0.25, 0.3) is 0 Å². The zero-order valence-corrected chi connectivity index (χ0v) is 13.6. The minimum Gasteiger partial charge on any atom is -0.480 e. The van der Waals surface area contributed by atoms with Gasteiger partial charge in [0.15, 0.2) is 5.78 Å². The van der Waals surface area contributed by atoms with Crippen LogP contribution in [0.15, 0.2) is 24.3 Å². The molecule has 23 heavy (non-hydrogen) atoms. The first-order valence-electron chi connectivity index (χ1n) is 7.82. The molecular formula is C17H24N2O4. The number of carboxylic acids is 1. The van der Waals surface area contributed by atoms with E-state index in [1.165, 1.54) is 0 Å². The third kappa shape index (κ3) is 5.49. The van der Waals surface area contributed by atoms with Crippen molar-refractivity contribution in [2.45, 2.75) is 52.0 Å². The number of Topliss-reactive ketones (excluding diaryl/α,β-unsaturated/α-hetero) is 1. The number of carbonyl (C=O) groups excluding carboxylic acids is 2. The molecule has 1 atom stereocenters. The second kappa shape index (κ2) is 9.05. The normalized spacial score (nSPS) is 11.8. The van der Waals surface area contributed by atoms with E-state index in [-0.39, 0.29) is 18.6 Å². The Balaban J connectivity index is 2.83. The highest BCUT2D eigenvalue weighted by atomic mass is 16.4. The summed E-state index contributed by atoms with van der Waals surface area (Å²) in [6.45, 7) is 3.76. The van der Waals surface area contributed by atoms with Crippen LogP contribution in [0.4, 0.5) is 0 Å². The molecule has 0 aliphatic carbocycles. The van der Waals surface area contributed by atoms with Crippen LogP contribution in [0, 0.1) is 0 Å². The van der Waals surface area contributed by atoms with Crippen LogP contribution < -0.4 is 5.84 Å². The summed E-state index contributed by atoms with van der Waals surface area (Å²) in [5.41, 5.74) is 1.32. The minimum absolute atomic E-state index is 0.0624. The lowest BCUT2D eigenvalue weighted by atomic mass is 10.0. The predicted molar refractivity (Wildman–Crippen MR) is 86.7 cm³/mol. The monoisotopic (exact) mass is 320 g/mol. The fraction of sp³-hybridized carbons (Fsp3) is 0.471. The Bertz CT molecular complexity index is 554. The Hall–Kier alpha value is -2.21. The molecular weight excluding hydrogens is 296 g/mol. The summed E-state index contributed by atoms with van der Waals surface area (Å²) in [7, 11) is 0. The number of carbonyl (C=O) groups is 3. The van der Waals surface area contributed by atoms with Gasteiger partial charge in [0.1, 0.15) is 6.04 Å². The Labute approximate surface area is 136 Å². The van der Waals surface area contributed by atoms with E-state index in [0.29, 0.717) is 24.0 Å². The van der Waals surface area contributed by atoms with Crippen LogP contribution in [0.25, 0.3) is 0 Å². The predicted octanol–water partition coefficient (Wildman–Crippen LogP) is 2.17. The number of carboxylic acid groups (broad SMARTS) is 1. The van der Waals surface area contributed by atoms with E-state index >= 15 is 0 Å². The summed E-state index contributed by atoms with van der Waals surface area (Å²) in [4.78, 5) is 35.0. The Kier molecular flexibility index (Phi) is 7.41. The number of nitrogens with two attached hydrogens (primary N) is 1. The SMILES string of the molecule is CCCC(=O)c1ccc(CC(C(=O)O)N(N)C(=O)CCC)cc1. The lowest BCUT2D eigenvalue weighted by Gasteiger charge is -2.24. The van der Waals surface area contributed by atoms with Crippen LogP contribution in [0.1, 0.15) is 55.5 Å². The maximum absolute atomic E-state index is 11.8. The number of hydrogen-bond acceptors (Lipinski definition) is 4. The lowest BCUT2D eigenvalue weighted by molar-refractivity contribution is -0.150. The molecule has 0 bridgehead atoms. The molecule has 1 amide bonds. The van der Waals surface area contributed by atoms with Gasteiger partial charge in [-0.2, -0.15) is 0 Å². The fourth-order valence-electron chi connectivity index (χ4n) is 2.24. The highest BCUT2D eigenvalue weighted by Crippen LogP contribution is 2.12. The van der Waals surface area contributed by atoms with Crippen molar-refractivity contribution in [2.75, 3.05) is 0 Å². The summed E-state index contributed by atoms with van der Waals surface area (Å²) >= 11 is 0. The van der Waals surface area contributed by atoms with E-state index in [4.69, 9.17) is 5.84 Å². The summed E-state index contributed by atoms with van der Waals surface area (Å²) in [5.74, 6) is 4.18. The van der Waals surface area contributed by atoms with Gasteiger partial charge < -0.3 is 5.11 Å². The Morgan fingerprint density at radius 2 is 1.65 bits per heavy atom. The van der Waals surface area contributed by atoms with Gasteiger partial charge in [0, 0.05) is 24.8 Å². The van der Waals surface area contributed by atoms with Crippen LogP contribution in [0.5, 0.6) is 0 Å². The Morgan fingerprint density at radius 1 is 1.09 bits per heavy atom. The van der Waals surface area contributed by atoms with Gasteiger partial charge in [-0.25, -0.2) is 10.6 Å². The number of nitrogens with zero attached hydrogens (tertiary/aromatic N) is 1. The molecule has 0 aliphatic rings. The number of aliphatic carboxylic acids is 1. The molecule has 6 nitrogen and oxygen atoms in total. The third-order valence-corrected chi connectivity index (χ3v) is 3.55. The van der Waals surface area contributed by atoms with Crippen molar-refractivity contribution in [3.05, 3.63) is 35.4 Å². The maximum atomic E-state index is 11.8. The van der Waals surface area contributed by atoms with Gasteiger partial charge in [0.05, 0.1) is 0 Å². The summed E-state index contributed by atoms with van der Waals surface area (Å²) in [6, 6.07) is 5.65. The number of ketones is 1.